The van der Waals surface area contributed by atoms with E-state index in [1.54, 1.807) is 6.33 Å². The smallest absolute Gasteiger partial charge is 0.134 e. The molecule has 0 unspecified atom stereocenters. The molecule has 2 fully saturated rings. The van der Waals surface area contributed by atoms with E-state index in [0.29, 0.717) is 12.5 Å². The lowest BCUT2D eigenvalue weighted by atomic mass is 9.98. The molecule has 2 N–H and O–H groups in total. The Labute approximate surface area is 153 Å². The molecule has 0 aromatic carbocycles. The molecule has 26 heavy (non-hydrogen) atoms. The SMILES string of the molecule is NCc1cn(C[C@H]2CCCN(c3cc(N4CCOCC4)ncn3)C2)nn1. The first-order valence-electron chi connectivity index (χ1n) is 9.30. The second kappa shape index (κ2) is 7.96. The summed E-state index contributed by atoms with van der Waals surface area (Å²) >= 11 is 0. The van der Waals surface area contributed by atoms with E-state index in [-0.39, 0.29) is 0 Å². The van der Waals surface area contributed by atoms with Gasteiger partial charge in [-0.25, -0.2) is 9.97 Å². The molecule has 0 bridgehead atoms. The summed E-state index contributed by atoms with van der Waals surface area (Å²) in [6, 6.07) is 2.11. The predicted octanol–water partition coefficient (Wildman–Crippen LogP) is 0.280. The third-order valence-electron chi connectivity index (χ3n) is 5.06. The van der Waals surface area contributed by atoms with E-state index >= 15 is 0 Å². The van der Waals surface area contributed by atoms with Gasteiger partial charge in [0.2, 0.25) is 0 Å². The van der Waals surface area contributed by atoms with Gasteiger partial charge in [0.25, 0.3) is 0 Å². The van der Waals surface area contributed by atoms with Crippen molar-refractivity contribution in [2.75, 3.05) is 49.2 Å². The fourth-order valence-electron chi connectivity index (χ4n) is 3.68. The van der Waals surface area contributed by atoms with E-state index < -0.39 is 0 Å². The molecule has 140 valence electrons. The number of morpholine rings is 1. The van der Waals surface area contributed by atoms with E-state index in [0.717, 1.165) is 69.7 Å². The molecule has 2 aliphatic rings. The van der Waals surface area contributed by atoms with E-state index in [1.165, 1.54) is 6.42 Å². The minimum absolute atomic E-state index is 0.433. The van der Waals surface area contributed by atoms with Crippen LogP contribution in [-0.2, 0) is 17.8 Å². The number of piperidine rings is 1. The quantitative estimate of drug-likeness (QED) is 0.814. The van der Waals surface area contributed by atoms with Crippen LogP contribution in [0.1, 0.15) is 18.5 Å². The van der Waals surface area contributed by atoms with Crippen molar-refractivity contribution in [1.82, 2.24) is 25.0 Å². The van der Waals surface area contributed by atoms with Gasteiger partial charge in [-0.3, -0.25) is 4.68 Å². The van der Waals surface area contributed by atoms with Crippen LogP contribution in [0, 0.1) is 5.92 Å². The van der Waals surface area contributed by atoms with Gasteiger partial charge in [-0.15, -0.1) is 5.10 Å². The number of aromatic nitrogens is 5. The van der Waals surface area contributed by atoms with Crippen LogP contribution in [0.15, 0.2) is 18.6 Å². The minimum Gasteiger partial charge on any atom is -0.378 e. The van der Waals surface area contributed by atoms with Crippen molar-refractivity contribution in [1.29, 1.82) is 0 Å². The fraction of sp³-hybridized carbons (Fsp3) is 0.647. The Bertz CT molecular complexity index is 714. The Morgan fingerprint density at radius 1 is 1.12 bits per heavy atom. The molecule has 0 spiro atoms. The summed E-state index contributed by atoms with van der Waals surface area (Å²) < 4.78 is 7.34. The number of anilines is 2. The zero-order chi connectivity index (χ0) is 17.8. The van der Waals surface area contributed by atoms with Gasteiger partial charge >= 0.3 is 0 Å². The first kappa shape index (κ1) is 17.2. The highest BCUT2D eigenvalue weighted by Gasteiger charge is 2.23. The monoisotopic (exact) mass is 358 g/mol. The topological polar surface area (TPSA) is 98.2 Å². The van der Waals surface area contributed by atoms with Crippen molar-refractivity contribution in [3.05, 3.63) is 24.3 Å². The number of nitrogens with zero attached hydrogens (tertiary/aromatic N) is 7. The van der Waals surface area contributed by atoms with Gasteiger partial charge in [0.1, 0.15) is 18.0 Å². The van der Waals surface area contributed by atoms with Crippen LogP contribution in [0.2, 0.25) is 0 Å². The highest BCUT2D eigenvalue weighted by Crippen LogP contribution is 2.25. The van der Waals surface area contributed by atoms with Crippen LogP contribution in [0.25, 0.3) is 0 Å². The summed E-state index contributed by atoms with van der Waals surface area (Å²) in [7, 11) is 0. The van der Waals surface area contributed by atoms with Crippen molar-refractivity contribution < 1.29 is 4.74 Å². The Morgan fingerprint density at radius 2 is 1.92 bits per heavy atom. The molecule has 0 saturated carbocycles. The molecular formula is C17H26N8O. The molecule has 4 heterocycles. The molecule has 9 nitrogen and oxygen atoms in total. The molecule has 9 heteroatoms. The van der Waals surface area contributed by atoms with Crippen molar-refractivity contribution in [2.45, 2.75) is 25.9 Å². The number of hydrogen-bond acceptors (Lipinski definition) is 8. The zero-order valence-electron chi connectivity index (χ0n) is 15.0. The standard InChI is InChI=1S/C17H26N8O/c18-9-15-12-25(22-21-15)11-14-2-1-3-24(10-14)17-8-16(19-13-20-17)23-4-6-26-7-5-23/h8,12-14H,1-7,9-11,18H2/t14-/m0/s1. The van der Waals surface area contributed by atoms with Gasteiger partial charge in [0.15, 0.2) is 0 Å². The molecule has 0 radical (unpaired) electrons. The summed E-state index contributed by atoms with van der Waals surface area (Å²) in [4.78, 5) is 13.6. The lowest BCUT2D eigenvalue weighted by molar-refractivity contribution is 0.122. The van der Waals surface area contributed by atoms with Crippen molar-refractivity contribution in [3.63, 3.8) is 0 Å². The third-order valence-corrected chi connectivity index (χ3v) is 5.06. The summed E-state index contributed by atoms with van der Waals surface area (Å²) in [5.41, 5.74) is 6.46. The molecule has 1 atom stereocenters. The fourth-order valence-corrected chi connectivity index (χ4v) is 3.68. The summed E-state index contributed by atoms with van der Waals surface area (Å²) in [5.74, 6) is 2.52. The van der Waals surface area contributed by atoms with Crippen LogP contribution in [-0.4, -0.2) is 64.4 Å². The summed E-state index contributed by atoms with van der Waals surface area (Å²) in [6.07, 6.45) is 5.96. The van der Waals surface area contributed by atoms with Crippen LogP contribution in [0.5, 0.6) is 0 Å². The van der Waals surface area contributed by atoms with Crippen LogP contribution >= 0.6 is 0 Å². The average molecular weight is 358 g/mol. The zero-order valence-corrected chi connectivity index (χ0v) is 15.0. The molecule has 2 aliphatic heterocycles. The molecule has 2 saturated heterocycles. The van der Waals surface area contributed by atoms with Crippen LogP contribution in [0.3, 0.4) is 0 Å². The lowest BCUT2D eigenvalue weighted by Crippen LogP contribution is -2.39. The highest BCUT2D eigenvalue weighted by atomic mass is 16.5. The van der Waals surface area contributed by atoms with Gasteiger partial charge in [-0.05, 0) is 18.8 Å². The van der Waals surface area contributed by atoms with Gasteiger partial charge in [-0.2, -0.15) is 0 Å². The largest absolute Gasteiger partial charge is 0.378 e. The molecule has 0 amide bonds. The highest BCUT2D eigenvalue weighted by molar-refractivity contribution is 5.50. The van der Waals surface area contributed by atoms with E-state index in [4.69, 9.17) is 10.5 Å². The second-order valence-electron chi connectivity index (χ2n) is 6.92. The van der Waals surface area contributed by atoms with Gasteiger partial charge in [0.05, 0.1) is 18.9 Å². The van der Waals surface area contributed by atoms with Crippen LogP contribution in [0.4, 0.5) is 11.6 Å². The maximum atomic E-state index is 5.62. The third kappa shape index (κ3) is 3.94. The molecule has 2 aromatic heterocycles. The number of rotatable bonds is 5. The van der Waals surface area contributed by atoms with Crippen molar-refractivity contribution in [3.8, 4) is 0 Å². The Kier molecular flexibility index (Phi) is 5.26. The van der Waals surface area contributed by atoms with Gasteiger partial charge in [0, 0.05) is 51.5 Å². The molecule has 4 rings (SSSR count). The average Bonchev–Trinajstić information content (AvgIpc) is 3.16. The van der Waals surface area contributed by atoms with Crippen molar-refractivity contribution >= 4 is 11.6 Å². The first-order chi connectivity index (χ1) is 12.8. The Hall–Kier alpha value is -2.26. The summed E-state index contributed by atoms with van der Waals surface area (Å²) in [5, 5.41) is 8.26. The lowest BCUT2D eigenvalue weighted by Gasteiger charge is -2.34. The number of hydrogen-bond donors (Lipinski definition) is 1. The van der Waals surface area contributed by atoms with E-state index in [1.807, 2.05) is 10.9 Å². The maximum Gasteiger partial charge on any atom is 0.134 e. The molecular weight excluding hydrogens is 332 g/mol. The number of nitrogens with two attached hydrogens (primary N) is 1. The normalized spacial score (nSPS) is 21.2. The van der Waals surface area contributed by atoms with E-state index in [9.17, 15) is 0 Å². The second-order valence-corrected chi connectivity index (χ2v) is 6.92. The Morgan fingerprint density at radius 3 is 2.69 bits per heavy atom. The maximum absolute atomic E-state index is 5.62. The first-order valence-corrected chi connectivity index (χ1v) is 9.30. The van der Waals surface area contributed by atoms with Crippen molar-refractivity contribution in [2.24, 2.45) is 11.7 Å². The van der Waals surface area contributed by atoms with Crippen LogP contribution < -0.4 is 15.5 Å². The molecule has 0 aliphatic carbocycles. The van der Waals surface area contributed by atoms with E-state index in [2.05, 4.69) is 36.1 Å². The number of ether oxygens (including phenoxy) is 1. The predicted molar refractivity (Wildman–Crippen MR) is 97.9 cm³/mol. The van der Waals surface area contributed by atoms with Gasteiger partial charge in [-0.1, -0.05) is 5.21 Å². The molecule has 2 aromatic rings. The summed E-state index contributed by atoms with van der Waals surface area (Å²) in [6.45, 7) is 6.58. The van der Waals surface area contributed by atoms with Gasteiger partial charge < -0.3 is 20.3 Å². The Balaban J connectivity index is 1.42. The minimum atomic E-state index is 0.433.